The summed E-state index contributed by atoms with van der Waals surface area (Å²) in [4.78, 5) is 14.6. The van der Waals surface area contributed by atoms with Crippen LogP contribution in [0.3, 0.4) is 0 Å². The maximum absolute atomic E-state index is 12.6. The molecule has 2 aliphatic rings. The number of hydrogen-bond donors (Lipinski definition) is 0. The standard InChI is InChI=1S/C21H29NO3/c1-5-24-19-11-9-15(10-12-19)16-13-17-7-6-8-18(14-16)22(17)20(23)25-21(2,3)4/h9-13,17-18H,5-8,14H2,1-4H3. The van der Waals surface area contributed by atoms with Crippen molar-refractivity contribution in [3.8, 4) is 5.75 Å². The SMILES string of the molecule is CCOc1ccc(C2=CC3CCCC(C2)N3C(=O)OC(C)(C)C)cc1. The average Bonchev–Trinajstić information content (AvgIpc) is 2.53. The monoisotopic (exact) mass is 343 g/mol. The van der Waals surface area contributed by atoms with Gasteiger partial charge in [0, 0.05) is 6.04 Å². The average molecular weight is 343 g/mol. The summed E-state index contributed by atoms with van der Waals surface area (Å²) in [6.45, 7) is 8.44. The molecule has 4 heteroatoms. The minimum Gasteiger partial charge on any atom is -0.494 e. The summed E-state index contributed by atoms with van der Waals surface area (Å²) in [7, 11) is 0. The molecule has 0 spiro atoms. The Kier molecular flexibility index (Phi) is 5.07. The second-order valence-electron chi connectivity index (χ2n) is 7.89. The van der Waals surface area contributed by atoms with Crippen molar-refractivity contribution in [2.75, 3.05) is 6.61 Å². The number of nitrogens with zero attached hydrogens (tertiary/aromatic N) is 1. The minimum absolute atomic E-state index is 0.143. The van der Waals surface area contributed by atoms with E-state index in [1.54, 1.807) is 0 Å². The van der Waals surface area contributed by atoms with Crippen LogP contribution < -0.4 is 4.74 Å². The van der Waals surface area contributed by atoms with Crippen LogP contribution in [0, 0.1) is 0 Å². The Bertz CT molecular complexity index is 642. The first-order valence-electron chi connectivity index (χ1n) is 9.32. The number of carbonyl (C=O) groups is 1. The van der Waals surface area contributed by atoms with Crippen molar-refractivity contribution < 1.29 is 14.3 Å². The first-order chi connectivity index (χ1) is 11.9. The third-order valence-electron chi connectivity index (χ3n) is 4.78. The van der Waals surface area contributed by atoms with Crippen molar-refractivity contribution in [1.82, 2.24) is 4.90 Å². The largest absolute Gasteiger partial charge is 0.494 e. The van der Waals surface area contributed by atoms with Crippen molar-refractivity contribution in [3.05, 3.63) is 35.9 Å². The highest BCUT2D eigenvalue weighted by Crippen LogP contribution is 2.38. The van der Waals surface area contributed by atoms with Crippen molar-refractivity contribution >= 4 is 11.7 Å². The van der Waals surface area contributed by atoms with Gasteiger partial charge in [-0.05, 0) is 76.6 Å². The molecule has 1 aromatic carbocycles. The summed E-state index contributed by atoms with van der Waals surface area (Å²) in [5.74, 6) is 0.901. The van der Waals surface area contributed by atoms with Crippen molar-refractivity contribution in [1.29, 1.82) is 0 Å². The molecule has 0 aromatic heterocycles. The van der Waals surface area contributed by atoms with Crippen LogP contribution >= 0.6 is 0 Å². The van der Waals surface area contributed by atoms with Gasteiger partial charge in [0.25, 0.3) is 0 Å². The summed E-state index contributed by atoms with van der Waals surface area (Å²) in [5.41, 5.74) is 2.10. The van der Waals surface area contributed by atoms with Crippen molar-refractivity contribution in [2.45, 2.75) is 71.1 Å². The van der Waals surface area contributed by atoms with Gasteiger partial charge in [-0.25, -0.2) is 4.79 Å². The lowest BCUT2D eigenvalue weighted by Crippen LogP contribution is -2.53. The molecule has 2 bridgehead atoms. The van der Waals surface area contributed by atoms with E-state index in [2.05, 4.69) is 18.2 Å². The Morgan fingerprint density at radius 3 is 2.52 bits per heavy atom. The molecule has 136 valence electrons. The summed E-state index contributed by atoms with van der Waals surface area (Å²) in [5, 5.41) is 0. The first kappa shape index (κ1) is 17.8. The lowest BCUT2D eigenvalue weighted by molar-refractivity contribution is 0.0000860. The van der Waals surface area contributed by atoms with Gasteiger partial charge in [-0.15, -0.1) is 0 Å². The van der Waals surface area contributed by atoms with Crippen LogP contribution in [0.1, 0.15) is 58.9 Å². The van der Waals surface area contributed by atoms with Crippen LogP contribution in [0.4, 0.5) is 4.79 Å². The van der Waals surface area contributed by atoms with E-state index in [-0.39, 0.29) is 18.2 Å². The van der Waals surface area contributed by atoms with Crippen LogP contribution in [0.25, 0.3) is 5.57 Å². The van der Waals surface area contributed by atoms with E-state index >= 15 is 0 Å². The Morgan fingerprint density at radius 2 is 1.92 bits per heavy atom. The van der Waals surface area contributed by atoms with E-state index in [1.807, 2.05) is 44.7 Å². The predicted octanol–water partition coefficient (Wildman–Crippen LogP) is 5.03. The van der Waals surface area contributed by atoms with Gasteiger partial charge in [0.1, 0.15) is 11.4 Å². The third-order valence-corrected chi connectivity index (χ3v) is 4.78. The third kappa shape index (κ3) is 4.17. The molecule has 2 atom stereocenters. The van der Waals surface area contributed by atoms with E-state index in [4.69, 9.17) is 9.47 Å². The number of carbonyl (C=O) groups excluding carboxylic acids is 1. The van der Waals surface area contributed by atoms with E-state index in [1.165, 1.54) is 17.6 Å². The molecule has 1 fully saturated rings. The lowest BCUT2D eigenvalue weighted by atomic mass is 9.83. The van der Waals surface area contributed by atoms with Gasteiger partial charge >= 0.3 is 6.09 Å². The van der Waals surface area contributed by atoms with Gasteiger partial charge in [-0.3, -0.25) is 4.90 Å². The van der Waals surface area contributed by atoms with Gasteiger partial charge in [0.05, 0.1) is 12.6 Å². The smallest absolute Gasteiger partial charge is 0.411 e. The molecule has 1 aromatic rings. The molecule has 2 unspecified atom stereocenters. The number of benzene rings is 1. The molecule has 0 N–H and O–H groups in total. The highest BCUT2D eigenvalue weighted by atomic mass is 16.6. The highest BCUT2D eigenvalue weighted by Gasteiger charge is 2.39. The maximum atomic E-state index is 12.6. The molecule has 0 saturated carbocycles. The number of amides is 1. The first-order valence-corrected chi connectivity index (χ1v) is 9.32. The fraction of sp³-hybridized carbons (Fsp3) is 0.571. The van der Waals surface area contributed by atoms with E-state index in [0.717, 1.165) is 25.0 Å². The Morgan fingerprint density at radius 1 is 1.20 bits per heavy atom. The second-order valence-corrected chi connectivity index (χ2v) is 7.89. The number of rotatable bonds is 3. The predicted molar refractivity (Wildman–Crippen MR) is 99.7 cm³/mol. The quantitative estimate of drug-likeness (QED) is 0.772. The number of hydrogen-bond acceptors (Lipinski definition) is 3. The van der Waals surface area contributed by atoms with E-state index < -0.39 is 5.60 Å². The van der Waals surface area contributed by atoms with Gasteiger partial charge in [0.15, 0.2) is 0 Å². The minimum atomic E-state index is -0.454. The van der Waals surface area contributed by atoms with Gasteiger partial charge in [-0.2, -0.15) is 0 Å². The maximum Gasteiger partial charge on any atom is 0.411 e. The molecule has 2 aliphatic heterocycles. The molecule has 2 heterocycles. The normalized spacial score (nSPS) is 23.0. The van der Waals surface area contributed by atoms with Crippen LogP contribution in [-0.2, 0) is 4.74 Å². The molecule has 4 nitrogen and oxygen atoms in total. The van der Waals surface area contributed by atoms with Gasteiger partial charge in [-0.1, -0.05) is 18.2 Å². The van der Waals surface area contributed by atoms with Crippen molar-refractivity contribution in [3.63, 3.8) is 0 Å². The zero-order valence-electron chi connectivity index (χ0n) is 15.7. The fourth-order valence-electron chi connectivity index (χ4n) is 3.77. The molecular formula is C21H29NO3. The molecule has 1 amide bonds. The van der Waals surface area contributed by atoms with Crippen LogP contribution in [-0.4, -0.2) is 35.3 Å². The fourth-order valence-corrected chi connectivity index (χ4v) is 3.77. The van der Waals surface area contributed by atoms with E-state index in [9.17, 15) is 4.79 Å². The number of fused-ring (bicyclic) bond motifs is 2. The highest BCUT2D eigenvalue weighted by molar-refractivity contribution is 5.75. The van der Waals surface area contributed by atoms with E-state index in [0.29, 0.717) is 6.61 Å². The van der Waals surface area contributed by atoms with Crippen LogP contribution in [0.5, 0.6) is 5.75 Å². The van der Waals surface area contributed by atoms with Crippen LogP contribution in [0.2, 0.25) is 0 Å². The summed E-state index contributed by atoms with van der Waals surface area (Å²) < 4.78 is 11.2. The summed E-state index contributed by atoms with van der Waals surface area (Å²) >= 11 is 0. The van der Waals surface area contributed by atoms with Crippen molar-refractivity contribution in [2.24, 2.45) is 0 Å². The molecule has 1 saturated heterocycles. The Labute approximate surface area is 150 Å². The number of ether oxygens (including phenoxy) is 2. The summed E-state index contributed by atoms with van der Waals surface area (Å²) in [6.07, 6.45) is 6.20. The zero-order chi connectivity index (χ0) is 18.0. The lowest BCUT2D eigenvalue weighted by Gasteiger charge is -2.45. The topological polar surface area (TPSA) is 38.8 Å². The van der Waals surface area contributed by atoms with Gasteiger partial charge in [0.2, 0.25) is 0 Å². The molecule has 0 radical (unpaired) electrons. The second kappa shape index (κ2) is 7.11. The molecule has 3 rings (SSSR count). The summed E-state index contributed by atoms with van der Waals surface area (Å²) in [6, 6.07) is 8.67. The Hall–Kier alpha value is -1.97. The number of piperidine rings is 1. The molecular weight excluding hydrogens is 314 g/mol. The Balaban J connectivity index is 1.80. The molecule has 25 heavy (non-hydrogen) atoms. The molecule has 0 aliphatic carbocycles. The zero-order valence-corrected chi connectivity index (χ0v) is 15.7. The van der Waals surface area contributed by atoms with Crippen LogP contribution in [0.15, 0.2) is 30.3 Å². The van der Waals surface area contributed by atoms with Gasteiger partial charge < -0.3 is 9.47 Å².